The Balaban J connectivity index is 1.38. The third-order valence-corrected chi connectivity index (χ3v) is 5.15. The van der Waals surface area contributed by atoms with Crippen LogP contribution in [0.5, 0.6) is 11.5 Å². The van der Waals surface area contributed by atoms with Gasteiger partial charge in [-0.25, -0.2) is 4.79 Å². The van der Waals surface area contributed by atoms with E-state index >= 15 is 0 Å². The highest BCUT2D eigenvalue weighted by molar-refractivity contribution is 6.09. The fourth-order valence-corrected chi connectivity index (χ4v) is 3.36. The Hall–Kier alpha value is -5.20. The average molecular weight is 458 g/mol. The molecule has 0 radical (unpaired) electrons. The smallest absolute Gasteiger partial charge is 0.338 e. The molecule has 0 fully saturated rings. The normalized spacial score (nSPS) is 10.0. The minimum Gasteiger partial charge on any atom is -0.457 e. The Morgan fingerprint density at radius 3 is 2.06 bits per heavy atom. The number of carbonyl (C=O) groups is 2. The van der Waals surface area contributed by atoms with E-state index in [9.17, 15) is 9.59 Å². The van der Waals surface area contributed by atoms with Crippen LogP contribution in [0.25, 0.3) is 0 Å². The van der Waals surface area contributed by atoms with Gasteiger partial charge in [-0.3, -0.25) is 4.79 Å². The molecule has 4 rings (SSSR count). The van der Waals surface area contributed by atoms with Crippen LogP contribution in [0.4, 0.5) is 0 Å². The van der Waals surface area contributed by atoms with Gasteiger partial charge in [0.15, 0.2) is 5.78 Å². The third kappa shape index (κ3) is 5.60. The Labute approximate surface area is 202 Å². The van der Waals surface area contributed by atoms with Gasteiger partial charge < -0.3 is 9.47 Å². The summed E-state index contributed by atoms with van der Waals surface area (Å²) in [6, 6.07) is 30.8. The van der Waals surface area contributed by atoms with Crippen molar-refractivity contribution in [2.75, 3.05) is 0 Å². The molecule has 0 unspecified atom stereocenters. The monoisotopic (exact) mass is 458 g/mol. The first-order valence-corrected chi connectivity index (χ1v) is 10.7. The number of nitrogens with zero attached hydrogens (tertiary/aromatic N) is 2. The second-order valence-corrected chi connectivity index (χ2v) is 7.53. The van der Waals surface area contributed by atoms with Gasteiger partial charge in [0.1, 0.15) is 30.2 Å². The van der Waals surface area contributed by atoms with Crippen LogP contribution in [0.3, 0.4) is 0 Å². The maximum atomic E-state index is 12.6. The molecule has 0 aliphatic carbocycles. The number of ether oxygens (including phenoxy) is 2. The molecule has 4 aromatic rings. The van der Waals surface area contributed by atoms with Gasteiger partial charge in [0.05, 0.1) is 16.7 Å². The number of esters is 1. The summed E-state index contributed by atoms with van der Waals surface area (Å²) in [5, 5.41) is 18.2. The van der Waals surface area contributed by atoms with Gasteiger partial charge in [-0.2, -0.15) is 10.5 Å². The zero-order chi connectivity index (χ0) is 24.6. The molecule has 0 amide bonds. The number of benzene rings is 4. The first kappa shape index (κ1) is 23.0. The Morgan fingerprint density at radius 2 is 1.34 bits per heavy atom. The molecule has 0 aliphatic heterocycles. The molecular formula is C29H18N2O4. The fraction of sp³-hybridized carbons (Fsp3) is 0.0345. The molecule has 168 valence electrons. The Kier molecular flexibility index (Phi) is 6.97. The summed E-state index contributed by atoms with van der Waals surface area (Å²) in [5.74, 6) is 0.253. The zero-order valence-electron chi connectivity index (χ0n) is 18.5. The van der Waals surface area contributed by atoms with E-state index in [4.69, 9.17) is 20.0 Å². The molecule has 0 heterocycles. The van der Waals surface area contributed by atoms with Crippen molar-refractivity contribution in [2.45, 2.75) is 6.61 Å². The minimum atomic E-state index is -0.513. The molecule has 0 spiro atoms. The molecule has 0 aliphatic rings. The van der Waals surface area contributed by atoms with Crippen molar-refractivity contribution in [2.24, 2.45) is 0 Å². The summed E-state index contributed by atoms with van der Waals surface area (Å²) in [7, 11) is 0. The van der Waals surface area contributed by atoms with E-state index in [0.29, 0.717) is 33.8 Å². The quantitative estimate of drug-likeness (QED) is 0.256. The van der Waals surface area contributed by atoms with Crippen LogP contribution in [0.15, 0.2) is 97.1 Å². The van der Waals surface area contributed by atoms with Crippen LogP contribution in [-0.2, 0) is 11.3 Å². The first-order chi connectivity index (χ1) is 17.1. The first-order valence-electron chi connectivity index (χ1n) is 10.7. The fourth-order valence-electron chi connectivity index (χ4n) is 3.36. The van der Waals surface area contributed by atoms with Crippen molar-refractivity contribution in [3.8, 4) is 23.6 Å². The highest BCUT2D eigenvalue weighted by Gasteiger charge is 2.12. The highest BCUT2D eigenvalue weighted by Crippen LogP contribution is 2.24. The standard InChI is InChI=1S/C29H18N2O4/c30-17-24-11-14-27(16-25(24)18-31)35-26-12-9-22(10-13-26)29(33)34-19-20-5-4-8-23(15-20)28(32)21-6-2-1-3-7-21/h1-16H,19H2. The number of nitriles is 2. The molecule has 0 aromatic heterocycles. The number of carbonyl (C=O) groups excluding carboxylic acids is 2. The van der Waals surface area contributed by atoms with Gasteiger partial charge in [0.25, 0.3) is 0 Å². The molecule has 0 bridgehead atoms. The largest absolute Gasteiger partial charge is 0.457 e. The molecule has 4 aromatic carbocycles. The highest BCUT2D eigenvalue weighted by atomic mass is 16.5. The Bertz CT molecular complexity index is 1460. The zero-order valence-corrected chi connectivity index (χ0v) is 18.5. The van der Waals surface area contributed by atoms with E-state index in [1.807, 2.05) is 30.3 Å². The molecule has 0 N–H and O–H groups in total. The summed E-state index contributed by atoms with van der Waals surface area (Å²) in [4.78, 5) is 25.1. The predicted molar refractivity (Wildman–Crippen MR) is 128 cm³/mol. The van der Waals surface area contributed by atoms with Gasteiger partial charge in [-0.15, -0.1) is 0 Å². The Morgan fingerprint density at radius 1 is 0.657 bits per heavy atom. The van der Waals surface area contributed by atoms with Crippen LogP contribution in [-0.4, -0.2) is 11.8 Å². The van der Waals surface area contributed by atoms with E-state index in [1.54, 1.807) is 66.7 Å². The molecular weight excluding hydrogens is 440 g/mol. The van der Waals surface area contributed by atoms with Gasteiger partial charge in [-0.05, 0) is 54.1 Å². The van der Waals surface area contributed by atoms with E-state index in [1.165, 1.54) is 12.1 Å². The number of hydrogen-bond acceptors (Lipinski definition) is 6. The van der Waals surface area contributed by atoms with Crippen molar-refractivity contribution in [1.82, 2.24) is 0 Å². The molecule has 0 saturated heterocycles. The van der Waals surface area contributed by atoms with Crippen molar-refractivity contribution in [1.29, 1.82) is 10.5 Å². The van der Waals surface area contributed by atoms with Gasteiger partial charge in [0.2, 0.25) is 0 Å². The van der Waals surface area contributed by atoms with E-state index < -0.39 is 5.97 Å². The molecule has 0 saturated carbocycles. The van der Waals surface area contributed by atoms with Crippen LogP contribution in [0.2, 0.25) is 0 Å². The third-order valence-electron chi connectivity index (χ3n) is 5.15. The molecule has 0 atom stereocenters. The molecule has 6 nitrogen and oxygen atoms in total. The van der Waals surface area contributed by atoms with Crippen LogP contribution < -0.4 is 4.74 Å². The van der Waals surface area contributed by atoms with Gasteiger partial charge >= 0.3 is 5.97 Å². The van der Waals surface area contributed by atoms with Crippen molar-refractivity contribution >= 4 is 11.8 Å². The van der Waals surface area contributed by atoms with Crippen molar-refractivity contribution in [3.63, 3.8) is 0 Å². The SMILES string of the molecule is N#Cc1ccc(Oc2ccc(C(=O)OCc3cccc(C(=O)c4ccccc4)c3)cc2)cc1C#N. The summed E-state index contributed by atoms with van der Waals surface area (Å²) in [5.41, 5.74) is 2.65. The van der Waals surface area contributed by atoms with Crippen molar-refractivity contribution in [3.05, 3.63) is 130 Å². The number of rotatable bonds is 7. The van der Waals surface area contributed by atoms with Crippen LogP contribution in [0, 0.1) is 22.7 Å². The number of ketones is 1. The van der Waals surface area contributed by atoms with E-state index in [0.717, 1.165) is 0 Å². The van der Waals surface area contributed by atoms with Crippen LogP contribution >= 0.6 is 0 Å². The predicted octanol–water partition coefficient (Wildman–Crippen LogP) is 5.81. The number of hydrogen-bond donors (Lipinski definition) is 0. The molecule has 6 heteroatoms. The average Bonchev–Trinajstić information content (AvgIpc) is 2.92. The van der Waals surface area contributed by atoms with Crippen molar-refractivity contribution < 1.29 is 19.1 Å². The minimum absolute atomic E-state index is 0.0230. The molecule has 35 heavy (non-hydrogen) atoms. The topological polar surface area (TPSA) is 100 Å². The maximum absolute atomic E-state index is 12.6. The second kappa shape index (κ2) is 10.6. The summed E-state index contributed by atoms with van der Waals surface area (Å²) >= 11 is 0. The summed E-state index contributed by atoms with van der Waals surface area (Å²) < 4.78 is 11.1. The summed E-state index contributed by atoms with van der Waals surface area (Å²) in [6.07, 6.45) is 0. The lowest BCUT2D eigenvalue weighted by atomic mass is 10.0. The van der Waals surface area contributed by atoms with Gasteiger partial charge in [-0.1, -0.05) is 48.5 Å². The van der Waals surface area contributed by atoms with E-state index in [2.05, 4.69) is 0 Å². The lowest BCUT2D eigenvalue weighted by molar-refractivity contribution is 0.0472. The second-order valence-electron chi connectivity index (χ2n) is 7.53. The van der Waals surface area contributed by atoms with Crippen LogP contribution in [0.1, 0.15) is 43.0 Å². The summed E-state index contributed by atoms with van der Waals surface area (Å²) in [6.45, 7) is 0.0230. The van der Waals surface area contributed by atoms with E-state index in [-0.39, 0.29) is 23.5 Å². The maximum Gasteiger partial charge on any atom is 0.338 e. The lowest BCUT2D eigenvalue weighted by Crippen LogP contribution is -2.06. The lowest BCUT2D eigenvalue weighted by Gasteiger charge is -2.09. The van der Waals surface area contributed by atoms with Gasteiger partial charge in [0, 0.05) is 11.1 Å².